The number of anilines is 2. The number of halogens is 1. The van der Waals surface area contributed by atoms with E-state index in [9.17, 15) is 4.39 Å². The largest absolute Gasteiger partial charge is 0.368 e. The lowest BCUT2D eigenvalue weighted by Crippen LogP contribution is -2.35. The maximum absolute atomic E-state index is 14.2. The molecule has 0 spiro atoms. The molecule has 1 heterocycles. The van der Waals surface area contributed by atoms with E-state index in [1.165, 1.54) is 38.7 Å². The Hall–Kier alpha value is -2.24. The number of hydrogen-bond acceptors (Lipinski definition) is 5. The van der Waals surface area contributed by atoms with Crippen LogP contribution in [0.15, 0.2) is 30.3 Å². The highest BCUT2D eigenvalue weighted by Crippen LogP contribution is 2.33. The molecular weight excluding hydrogens is 329 g/mol. The quantitative estimate of drug-likeness (QED) is 0.738. The number of rotatable bonds is 8. The third-order valence-electron chi connectivity index (χ3n) is 5.04. The van der Waals surface area contributed by atoms with E-state index >= 15 is 0 Å². The van der Waals surface area contributed by atoms with E-state index in [0.717, 1.165) is 19.3 Å². The van der Waals surface area contributed by atoms with Crippen LogP contribution < -0.4 is 11.1 Å². The molecule has 1 aromatic carbocycles. The molecule has 1 aliphatic rings. The predicted molar refractivity (Wildman–Crippen MR) is 103 cm³/mol. The highest BCUT2D eigenvalue weighted by atomic mass is 19.1. The molecule has 3 rings (SSSR count). The van der Waals surface area contributed by atoms with Gasteiger partial charge in [0.05, 0.1) is 0 Å². The lowest BCUT2D eigenvalue weighted by atomic mass is 9.78. The van der Waals surface area contributed by atoms with Crippen LogP contribution >= 0.6 is 0 Å². The summed E-state index contributed by atoms with van der Waals surface area (Å²) in [4.78, 5) is 12.4. The van der Waals surface area contributed by atoms with Crippen LogP contribution in [0.25, 0.3) is 0 Å². The highest BCUT2D eigenvalue weighted by molar-refractivity contribution is 5.33. The summed E-state index contributed by atoms with van der Waals surface area (Å²) in [5.41, 5.74) is 5.47. The van der Waals surface area contributed by atoms with Gasteiger partial charge in [-0.15, -0.1) is 0 Å². The van der Waals surface area contributed by atoms with Gasteiger partial charge < -0.3 is 11.1 Å². The summed E-state index contributed by atoms with van der Waals surface area (Å²) in [5, 5.41) is 3.41. The fourth-order valence-electron chi connectivity index (χ4n) is 3.33. The molecular formula is C20H28FN5. The van der Waals surface area contributed by atoms with Crippen LogP contribution in [-0.4, -0.2) is 21.0 Å². The van der Waals surface area contributed by atoms with Crippen LogP contribution in [0, 0.1) is 5.92 Å². The molecule has 0 radical (unpaired) electrons. The molecule has 2 aromatic rings. The van der Waals surface area contributed by atoms with Crippen LogP contribution in [0.1, 0.15) is 57.3 Å². The van der Waals surface area contributed by atoms with Gasteiger partial charge in [-0.3, -0.25) is 0 Å². The summed E-state index contributed by atoms with van der Waals surface area (Å²) in [5.74, 6) is 1.13. The Morgan fingerprint density at radius 1 is 1.19 bits per heavy atom. The minimum atomic E-state index is -1.65. The lowest BCUT2D eigenvalue weighted by molar-refractivity contribution is 0.206. The van der Waals surface area contributed by atoms with E-state index < -0.39 is 5.67 Å². The second kappa shape index (κ2) is 7.98. The number of nitrogens with one attached hydrogen (secondary N) is 1. The van der Waals surface area contributed by atoms with Gasteiger partial charge in [0.1, 0.15) is 0 Å². The maximum Gasteiger partial charge on any atom is 0.228 e. The van der Waals surface area contributed by atoms with Gasteiger partial charge in [-0.2, -0.15) is 15.0 Å². The van der Waals surface area contributed by atoms with Gasteiger partial charge in [-0.05, 0) is 57.4 Å². The van der Waals surface area contributed by atoms with Crippen LogP contribution in [0.4, 0.5) is 16.3 Å². The predicted octanol–water partition coefficient (Wildman–Crippen LogP) is 4.26. The number of nitrogens with two attached hydrogens (primary N) is 1. The number of nitrogen functional groups attached to an aromatic ring is 1. The zero-order chi connectivity index (χ0) is 18.6. The molecule has 0 bridgehead atoms. The monoisotopic (exact) mass is 357 g/mol. The van der Waals surface area contributed by atoms with Crippen molar-refractivity contribution in [2.45, 2.75) is 64.1 Å². The van der Waals surface area contributed by atoms with Crippen LogP contribution in [0.3, 0.4) is 0 Å². The standard InChI is InChI=1S/C20H28FN5/c1-20(2,21)17-24-18(22)26-19(25-17)23-16(15-11-7-12-15)13-6-10-14-8-4-3-5-9-14/h3-5,8-9,15-16H,6-7,10-13H2,1-2H3,(H3,22,23,24,25,26). The van der Waals surface area contributed by atoms with Gasteiger partial charge in [-0.25, -0.2) is 4.39 Å². The highest BCUT2D eigenvalue weighted by Gasteiger charge is 2.29. The maximum atomic E-state index is 14.2. The third-order valence-corrected chi connectivity index (χ3v) is 5.04. The van der Waals surface area contributed by atoms with Crippen molar-refractivity contribution >= 4 is 11.9 Å². The number of aromatic nitrogens is 3. The van der Waals surface area contributed by atoms with E-state index in [4.69, 9.17) is 5.73 Å². The molecule has 1 saturated carbocycles. The zero-order valence-electron chi connectivity index (χ0n) is 15.6. The van der Waals surface area contributed by atoms with Crippen LogP contribution in [-0.2, 0) is 12.1 Å². The summed E-state index contributed by atoms with van der Waals surface area (Å²) >= 11 is 0. The van der Waals surface area contributed by atoms with Crippen molar-refractivity contribution in [1.82, 2.24) is 15.0 Å². The molecule has 1 fully saturated rings. The average Bonchev–Trinajstić information content (AvgIpc) is 2.53. The smallest absolute Gasteiger partial charge is 0.228 e. The van der Waals surface area contributed by atoms with Crippen molar-refractivity contribution in [3.8, 4) is 0 Å². The molecule has 1 unspecified atom stereocenters. The van der Waals surface area contributed by atoms with Gasteiger partial charge >= 0.3 is 0 Å². The molecule has 26 heavy (non-hydrogen) atoms. The van der Waals surface area contributed by atoms with E-state index in [-0.39, 0.29) is 17.8 Å². The molecule has 1 aromatic heterocycles. The van der Waals surface area contributed by atoms with Crippen molar-refractivity contribution in [2.24, 2.45) is 5.92 Å². The number of nitrogens with zero attached hydrogens (tertiary/aromatic N) is 3. The molecule has 5 nitrogen and oxygen atoms in total. The first-order chi connectivity index (χ1) is 12.4. The Labute approximate surface area is 154 Å². The van der Waals surface area contributed by atoms with Gasteiger partial charge in [0, 0.05) is 6.04 Å². The molecule has 6 heteroatoms. The first-order valence-electron chi connectivity index (χ1n) is 9.43. The minimum Gasteiger partial charge on any atom is -0.368 e. The van der Waals surface area contributed by atoms with E-state index in [0.29, 0.717) is 11.9 Å². The van der Waals surface area contributed by atoms with Crippen molar-refractivity contribution in [1.29, 1.82) is 0 Å². The van der Waals surface area contributed by atoms with E-state index in [2.05, 4.69) is 44.5 Å². The SMILES string of the molecule is CC(C)(F)c1nc(N)nc(NC(CCCc2ccccc2)C2CCC2)n1. The Morgan fingerprint density at radius 3 is 2.54 bits per heavy atom. The third kappa shape index (κ3) is 4.90. The fourth-order valence-corrected chi connectivity index (χ4v) is 3.33. The fraction of sp³-hybridized carbons (Fsp3) is 0.550. The Kier molecular flexibility index (Phi) is 5.69. The lowest BCUT2D eigenvalue weighted by Gasteiger charge is -2.34. The van der Waals surface area contributed by atoms with Gasteiger partial charge in [0.15, 0.2) is 11.5 Å². The van der Waals surface area contributed by atoms with Crippen molar-refractivity contribution < 1.29 is 4.39 Å². The van der Waals surface area contributed by atoms with Crippen molar-refractivity contribution in [2.75, 3.05) is 11.1 Å². The molecule has 0 saturated heterocycles. The Morgan fingerprint density at radius 2 is 1.92 bits per heavy atom. The van der Waals surface area contributed by atoms with Crippen molar-refractivity contribution in [3.63, 3.8) is 0 Å². The molecule has 140 valence electrons. The molecule has 3 N–H and O–H groups in total. The normalized spacial score (nSPS) is 16.1. The Balaban J connectivity index is 1.66. The van der Waals surface area contributed by atoms with Gasteiger partial charge in [0.2, 0.25) is 11.9 Å². The van der Waals surface area contributed by atoms with Gasteiger partial charge in [-0.1, -0.05) is 36.8 Å². The second-order valence-electron chi connectivity index (χ2n) is 7.63. The number of aryl methyl sites for hydroxylation is 1. The minimum absolute atomic E-state index is 0.0554. The second-order valence-corrected chi connectivity index (χ2v) is 7.63. The number of alkyl halides is 1. The van der Waals surface area contributed by atoms with E-state index in [1.807, 2.05) is 6.07 Å². The van der Waals surface area contributed by atoms with Crippen molar-refractivity contribution in [3.05, 3.63) is 41.7 Å². The zero-order valence-corrected chi connectivity index (χ0v) is 15.6. The van der Waals surface area contributed by atoms with Gasteiger partial charge in [0.25, 0.3) is 0 Å². The summed E-state index contributed by atoms with van der Waals surface area (Å²) in [6.07, 6.45) is 6.85. The van der Waals surface area contributed by atoms with E-state index in [1.54, 1.807) is 0 Å². The molecule has 1 aliphatic carbocycles. The summed E-state index contributed by atoms with van der Waals surface area (Å²) in [6, 6.07) is 10.8. The first-order valence-corrected chi connectivity index (χ1v) is 9.43. The molecule has 1 atom stereocenters. The van der Waals surface area contributed by atoms with Crippen LogP contribution in [0.2, 0.25) is 0 Å². The Bertz CT molecular complexity index is 710. The molecule has 0 amide bonds. The van der Waals surface area contributed by atoms with Crippen LogP contribution in [0.5, 0.6) is 0 Å². The topological polar surface area (TPSA) is 76.7 Å². The number of benzene rings is 1. The molecule has 0 aliphatic heterocycles. The first kappa shape index (κ1) is 18.5. The summed E-state index contributed by atoms with van der Waals surface area (Å²) in [6.45, 7) is 2.85. The average molecular weight is 357 g/mol. The summed E-state index contributed by atoms with van der Waals surface area (Å²) in [7, 11) is 0. The number of hydrogen-bond donors (Lipinski definition) is 2. The summed E-state index contributed by atoms with van der Waals surface area (Å²) < 4.78 is 14.2.